The van der Waals surface area contributed by atoms with E-state index in [0.29, 0.717) is 10.8 Å². The molecule has 0 unspecified atom stereocenters. The average molecular weight is 277 g/mol. The number of thioether (sulfide) groups is 1. The predicted molar refractivity (Wildman–Crippen MR) is 72.7 cm³/mol. The predicted octanol–water partition coefficient (Wildman–Crippen LogP) is 3.30. The summed E-state index contributed by atoms with van der Waals surface area (Å²) >= 11 is 7.41. The molecular weight excluding hydrogens is 268 g/mol. The second-order valence-electron chi connectivity index (χ2n) is 3.66. The highest BCUT2D eigenvalue weighted by Crippen LogP contribution is 2.22. The van der Waals surface area contributed by atoms with Crippen molar-refractivity contribution in [2.24, 2.45) is 0 Å². The van der Waals surface area contributed by atoms with Crippen LogP contribution in [0.2, 0.25) is 5.15 Å². The highest BCUT2D eigenvalue weighted by molar-refractivity contribution is 7.98. The lowest BCUT2D eigenvalue weighted by molar-refractivity contribution is 1.06. The first-order valence-corrected chi connectivity index (χ1v) is 6.72. The number of pyridine rings is 2. The molecular formula is C12H9ClN4S. The first-order valence-electron chi connectivity index (χ1n) is 5.36. The fourth-order valence-corrected chi connectivity index (χ4v) is 2.47. The second-order valence-corrected chi connectivity index (χ2v) is 5.01. The van der Waals surface area contributed by atoms with E-state index in [0.717, 1.165) is 22.1 Å². The first-order chi connectivity index (χ1) is 8.81. The minimum atomic E-state index is 0.454. The molecule has 6 heteroatoms. The summed E-state index contributed by atoms with van der Waals surface area (Å²) in [6.07, 6.45) is 1.79. The Morgan fingerprint density at radius 1 is 1.17 bits per heavy atom. The Morgan fingerprint density at radius 2 is 2.11 bits per heavy atom. The van der Waals surface area contributed by atoms with Gasteiger partial charge in [0.2, 0.25) is 0 Å². The number of hydrogen-bond donors (Lipinski definition) is 1. The Bertz CT molecular complexity index is 668. The van der Waals surface area contributed by atoms with Gasteiger partial charge in [-0.3, -0.25) is 4.98 Å². The minimum Gasteiger partial charge on any atom is -0.332 e. The lowest BCUT2D eigenvalue weighted by Gasteiger charge is -1.96. The van der Waals surface area contributed by atoms with Crippen LogP contribution in [0.5, 0.6) is 0 Å². The van der Waals surface area contributed by atoms with Crippen molar-refractivity contribution in [3.8, 4) is 0 Å². The van der Waals surface area contributed by atoms with E-state index in [-0.39, 0.29) is 0 Å². The van der Waals surface area contributed by atoms with Crippen molar-refractivity contribution in [1.29, 1.82) is 0 Å². The Balaban J connectivity index is 1.79. The van der Waals surface area contributed by atoms with Crippen LogP contribution >= 0.6 is 23.4 Å². The molecule has 3 rings (SSSR count). The normalized spacial score (nSPS) is 10.9. The van der Waals surface area contributed by atoms with Gasteiger partial charge in [0.05, 0.1) is 11.2 Å². The lowest BCUT2D eigenvalue weighted by Crippen LogP contribution is -1.85. The van der Waals surface area contributed by atoms with Crippen LogP contribution in [0.15, 0.2) is 41.7 Å². The van der Waals surface area contributed by atoms with Crippen LogP contribution in [0.1, 0.15) is 5.69 Å². The number of imidazole rings is 1. The maximum atomic E-state index is 5.82. The molecule has 3 heterocycles. The second kappa shape index (κ2) is 4.96. The van der Waals surface area contributed by atoms with Crippen LogP contribution in [-0.4, -0.2) is 19.9 Å². The van der Waals surface area contributed by atoms with Gasteiger partial charge in [0.25, 0.3) is 0 Å². The molecule has 0 radical (unpaired) electrons. The van der Waals surface area contributed by atoms with Gasteiger partial charge in [-0.15, -0.1) is 0 Å². The molecule has 0 atom stereocenters. The van der Waals surface area contributed by atoms with Gasteiger partial charge in [0.15, 0.2) is 10.8 Å². The smallest absolute Gasteiger partial charge is 0.180 e. The third kappa shape index (κ3) is 2.47. The maximum Gasteiger partial charge on any atom is 0.180 e. The molecule has 1 N–H and O–H groups in total. The summed E-state index contributed by atoms with van der Waals surface area (Å²) in [6.45, 7) is 0. The van der Waals surface area contributed by atoms with Crippen molar-refractivity contribution >= 4 is 34.5 Å². The Kier molecular flexibility index (Phi) is 3.17. The van der Waals surface area contributed by atoms with Crippen LogP contribution in [0.4, 0.5) is 0 Å². The standard InChI is InChI=1S/C12H9ClN4S/c13-10-5-4-9-11(16-10)17-12(15-9)18-7-8-3-1-2-6-14-8/h1-6H,7H2,(H,15,16,17). The molecule has 0 aliphatic rings. The van der Waals surface area contributed by atoms with Crippen molar-refractivity contribution in [3.05, 3.63) is 47.4 Å². The molecule has 0 fully saturated rings. The zero-order valence-corrected chi connectivity index (χ0v) is 10.9. The van der Waals surface area contributed by atoms with Crippen molar-refractivity contribution < 1.29 is 0 Å². The molecule has 0 aromatic carbocycles. The minimum absolute atomic E-state index is 0.454. The molecule has 3 aromatic rings. The monoisotopic (exact) mass is 276 g/mol. The number of halogens is 1. The topological polar surface area (TPSA) is 54.5 Å². The molecule has 0 bridgehead atoms. The Labute approximate surface area is 113 Å². The highest BCUT2D eigenvalue weighted by atomic mass is 35.5. The molecule has 0 spiro atoms. The van der Waals surface area contributed by atoms with E-state index in [1.165, 1.54) is 0 Å². The van der Waals surface area contributed by atoms with E-state index in [1.54, 1.807) is 24.0 Å². The number of aromatic nitrogens is 4. The van der Waals surface area contributed by atoms with Crippen molar-refractivity contribution in [2.75, 3.05) is 0 Å². The molecule has 0 saturated carbocycles. The van der Waals surface area contributed by atoms with Gasteiger partial charge in [-0.05, 0) is 24.3 Å². The summed E-state index contributed by atoms with van der Waals surface area (Å²) in [5.74, 6) is 0.772. The zero-order valence-electron chi connectivity index (χ0n) is 9.30. The van der Waals surface area contributed by atoms with E-state index in [9.17, 15) is 0 Å². The summed E-state index contributed by atoms with van der Waals surface area (Å²) in [5, 5.41) is 1.28. The van der Waals surface area contributed by atoms with Gasteiger partial charge < -0.3 is 4.98 Å². The SMILES string of the molecule is Clc1ccc2[nH]c(SCc3ccccn3)nc2n1. The number of aromatic amines is 1. The highest BCUT2D eigenvalue weighted by Gasteiger charge is 2.05. The van der Waals surface area contributed by atoms with Crippen molar-refractivity contribution in [2.45, 2.75) is 10.9 Å². The van der Waals surface area contributed by atoms with Crippen molar-refractivity contribution in [1.82, 2.24) is 19.9 Å². The molecule has 18 heavy (non-hydrogen) atoms. The largest absolute Gasteiger partial charge is 0.332 e. The third-order valence-corrected chi connectivity index (χ3v) is 3.49. The maximum absolute atomic E-state index is 5.82. The van der Waals surface area contributed by atoms with E-state index >= 15 is 0 Å². The van der Waals surface area contributed by atoms with Crippen LogP contribution in [0.25, 0.3) is 11.2 Å². The summed E-state index contributed by atoms with van der Waals surface area (Å²) < 4.78 is 0. The summed E-state index contributed by atoms with van der Waals surface area (Å²) in [7, 11) is 0. The summed E-state index contributed by atoms with van der Waals surface area (Å²) in [6, 6.07) is 9.49. The molecule has 0 aliphatic carbocycles. The molecule has 90 valence electrons. The van der Waals surface area contributed by atoms with Crippen LogP contribution in [0, 0.1) is 0 Å². The van der Waals surface area contributed by atoms with Crippen molar-refractivity contribution in [3.63, 3.8) is 0 Å². The number of H-pyrrole nitrogens is 1. The Hall–Kier alpha value is -1.59. The van der Waals surface area contributed by atoms with E-state index in [4.69, 9.17) is 11.6 Å². The average Bonchev–Trinajstić information content (AvgIpc) is 2.79. The number of rotatable bonds is 3. The summed E-state index contributed by atoms with van der Waals surface area (Å²) in [4.78, 5) is 16.0. The number of nitrogens with zero attached hydrogens (tertiary/aromatic N) is 3. The van der Waals surface area contributed by atoms with E-state index < -0.39 is 0 Å². The van der Waals surface area contributed by atoms with Crippen LogP contribution < -0.4 is 0 Å². The number of hydrogen-bond acceptors (Lipinski definition) is 4. The molecule has 0 aliphatic heterocycles. The molecule has 0 amide bonds. The quantitative estimate of drug-likeness (QED) is 0.589. The number of fused-ring (bicyclic) bond motifs is 1. The molecule has 4 nitrogen and oxygen atoms in total. The van der Waals surface area contributed by atoms with Gasteiger partial charge in [-0.2, -0.15) is 0 Å². The van der Waals surface area contributed by atoms with E-state index in [1.807, 2.05) is 24.3 Å². The first kappa shape index (κ1) is 11.5. The van der Waals surface area contributed by atoms with Crippen LogP contribution in [0.3, 0.4) is 0 Å². The number of nitrogens with one attached hydrogen (secondary N) is 1. The van der Waals surface area contributed by atoms with Gasteiger partial charge >= 0.3 is 0 Å². The zero-order chi connectivity index (χ0) is 12.4. The van der Waals surface area contributed by atoms with Gasteiger partial charge in [0.1, 0.15) is 5.15 Å². The van der Waals surface area contributed by atoms with Gasteiger partial charge in [-0.25, -0.2) is 9.97 Å². The van der Waals surface area contributed by atoms with E-state index in [2.05, 4.69) is 19.9 Å². The fourth-order valence-electron chi connectivity index (χ4n) is 1.54. The van der Waals surface area contributed by atoms with Crippen LogP contribution in [-0.2, 0) is 5.75 Å². The lowest BCUT2D eigenvalue weighted by atomic mass is 10.4. The fraction of sp³-hybridized carbons (Fsp3) is 0.0833. The molecule has 3 aromatic heterocycles. The van der Waals surface area contributed by atoms with Gasteiger partial charge in [-0.1, -0.05) is 29.4 Å². The summed E-state index contributed by atoms with van der Waals surface area (Å²) in [5.41, 5.74) is 2.56. The Morgan fingerprint density at radius 3 is 2.94 bits per heavy atom. The third-order valence-electron chi connectivity index (χ3n) is 2.37. The molecule has 0 saturated heterocycles. The van der Waals surface area contributed by atoms with Gasteiger partial charge in [0, 0.05) is 11.9 Å².